The van der Waals surface area contributed by atoms with Crippen LogP contribution in [0, 0.1) is 11.3 Å². The Morgan fingerprint density at radius 3 is 2.62 bits per heavy atom. The number of aromatic nitrogens is 2. The van der Waals surface area contributed by atoms with Gasteiger partial charge in [0.25, 0.3) is 0 Å². The van der Waals surface area contributed by atoms with E-state index in [4.69, 9.17) is 10.6 Å². The summed E-state index contributed by atoms with van der Waals surface area (Å²) < 4.78 is 8.05. The minimum Gasteiger partial charge on any atom is -0.379 e. The van der Waals surface area contributed by atoms with Gasteiger partial charge >= 0.3 is 0 Å². The molecule has 0 bridgehead atoms. The average molecular weight is 418 g/mol. The standard InChI is InChI=1S/C17H20BrN7O/c18-14-4-2-13(3-5-14)16-15(12-19)17(21-23-20)25(22-16)7-1-6-24-8-10-26-11-9-24/h2-5H,1,6-11H2,(H2,20,21). The smallest absolute Gasteiger partial charge is 0.193 e. The molecule has 1 fully saturated rings. The van der Waals surface area contributed by atoms with E-state index in [1.165, 1.54) is 0 Å². The van der Waals surface area contributed by atoms with Crippen molar-refractivity contribution in [2.75, 3.05) is 32.8 Å². The van der Waals surface area contributed by atoms with Crippen LogP contribution in [0.25, 0.3) is 11.3 Å². The van der Waals surface area contributed by atoms with Gasteiger partial charge in [-0.2, -0.15) is 10.4 Å². The highest BCUT2D eigenvalue weighted by Crippen LogP contribution is 2.31. The van der Waals surface area contributed by atoms with E-state index in [9.17, 15) is 5.26 Å². The Kier molecular flexibility index (Phi) is 6.33. The molecule has 0 spiro atoms. The zero-order valence-corrected chi connectivity index (χ0v) is 15.9. The number of nitriles is 1. The van der Waals surface area contributed by atoms with Gasteiger partial charge in [-0.1, -0.05) is 33.3 Å². The van der Waals surface area contributed by atoms with E-state index < -0.39 is 0 Å². The Morgan fingerprint density at radius 1 is 1.23 bits per heavy atom. The van der Waals surface area contributed by atoms with Crippen LogP contribution in [-0.4, -0.2) is 47.5 Å². The lowest BCUT2D eigenvalue weighted by atomic mass is 10.1. The molecule has 136 valence electrons. The molecular weight excluding hydrogens is 398 g/mol. The van der Waals surface area contributed by atoms with Crippen molar-refractivity contribution < 1.29 is 4.74 Å². The molecule has 1 aromatic heterocycles. The Balaban J connectivity index is 1.81. The first-order valence-electron chi connectivity index (χ1n) is 8.41. The molecule has 0 amide bonds. The number of hydrogen-bond acceptors (Lipinski definition) is 6. The highest BCUT2D eigenvalue weighted by Gasteiger charge is 2.19. The van der Waals surface area contributed by atoms with Crippen LogP contribution in [-0.2, 0) is 11.3 Å². The third-order valence-electron chi connectivity index (χ3n) is 4.26. The predicted molar refractivity (Wildman–Crippen MR) is 101 cm³/mol. The van der Waals surface area contributed by atoms with Gasteiger partial charge < -0.3 is 10.6 Å². The minimum atomic E-state index is 0.382. The Hall–Kier alpha value is -2.28. The van der Waals surface area contributed by atoms with Gasteiger partial charge in [0.15, 0.2) is 5.82 Å². The summed E-state index contributed by atoms with van der Waals surface area (Å²) >= 11 is 3.42. The highest BCUT2D eigenvalue weighted by molar-refractivity contribution is 9.10. The molecule has 26 heavy (non-hydrogen) atoms. The molecule has 0 saturated carbocycles. The molecule has 1 aliphatic rings. The van der Waals surface area contributed by atoms with Crippen molar-refractivity contribution in [1.29, 1.82) is 5.26 Å². The van der Waals surface area contributed by atoms with Gasteiger partial charge in [0.2, 0.25) is 0 Å². The SMILES string of the molecule is N#Cc1c(-c2ccc(Br)cc2)nn(CCCN2CCOCC2)c1N=NN. The molecule has 1 aromatic carbocycles. The summed E-state index contributed by atoms with van der Waals surface area (Å²) in [6, 6.07) is 9.84. The van der Waals surface area contributed by atoms with Crippen LogP contribution in [0.2, 0.25) is 0 Å². The molecule has 1 saturated heterocycles. The van der Waals surface area contributed by atoms with Crippen molar-refractivity contribution >= 4 is 21.7 Å². The van der Waals surface area contributed by atoms with Crippen molar-refractivity contribution in [2.24, 2.45) is 16.2 Å². The van der Waals surface area contributed by atoms with Gasteiger partial charge in [0, 0.05) is 36.2 Å². The van der Waals surface area contributed by atoms with E-state index in [1.807, 2.05) is 24.3 Å². The maximum atomic E-state index is 9.61. The molecule has 2 aromatic rings. The second-order valence-corrected chi connectivity index (χ2v) is 6.83. The van der Waals surface area contributed by atoms with Gasteiger partial charge in [-0.25, -0.2) is 4.68 Å². The van der Waals surface area contributed by atoms with E-state index in [2.05, 4.69) is 42.3 Å². The van der Waals surface area contributed by atoms with E-state index in [1.54, 1.807) is 4.68 Å². The minimum absolute atomic E-state index is 0.382. The van der Waals surface area contributed by atoms with Crippen molar-refractivity contribution in [1.82, 2.24) is 14.7 Å². The molecule has 0 unspecified atom stereocenters. The first-order chi connectivity index (χ1) is 12.7. The third-order valence-corrected chi connectivity index (χ3v) is 4.78. The lowest BCUT2D eigenvalue weighted by Gasteiger charge is -2.26. The monoisotopic (exact) mass is 417 g/mol. The molecule has 0 radical (unpaired) electrons. The van der Waals surface area contributed by atoms with Gasteiger partial charge in [0.05, 0.1) is 13.2 Å². The first-order valence-corrected chi connectivity index (χ1v) is 9.20. The molecule has 0 aliphatic carbocycles. The van der Waals surface area contributed by atoms with E-state index >= 15 is 0 Å². The van der Waals surface area contributed by atoms with Crippen LogP contribution in [0.15, 0.2) is 39.1 Å². The summed E-state index contributed by atoms with van der Waals surface area (Å²) in [4.78, 5) is 2.36. The lowest BCUT2D eigenvalue weighted by Crippen LogP contribution is -2.37. The lowest BCUT2D eigenvalue weighted by molar-refractivity contribution is 0.0368. The largest absolute Gasteiger partial charge is 0.379 e. The van der Waals surface area contributed by atoms with E-state index in [0.29, 0.717) is 23.6 Å². The number of halogens is 1. The fourth-order valence-corrected chi connectivity index (χ4v) is 3.21. The van der Waals surface area contributed by atoms with Crippen LogP contribution < -0.4 is 5.84 Å². The van der Waals surface area contributed by atoms with Gasteiger partial charge in [-0.05, 0) is 18.6 Å². The normalized spacial score (nSPS) is 15.4. The van der Waals surface area contributed by atoms with E-state index in [0.717, 1.165) is 49.3 Å². The summed E-state index contributed by atoms with van der Waals surface area (Å²) in [6.07, 6.45) is 0.888. The quantitative estimate of drug-likeness (QED) is 0.441. The number of aryl methyl sites for hydroxylation is 1. The predicted octanol–water partition coefficient (Wildman–Crippen LogP) is 2.86. The third kappa shape index (κ3) is 4.27. The number of ether oxygens (including phenoxy) is 1. The number of nitrogens with zero attached hydrogens (tertiary/aromatic N) is 6. The number of rotatable bonds is 6. The Morgan fingerprint density at radius 2 is 1.96 bits per heavy atom. The summed E-state index contributed by atoms with van der Waals surface area (Å²) in [6.45, 7) is 5.03. The average Bonchev–Trinajstić information content (AvgIpc) is 3.01. The molecule has 9 heteroatoms. The Bertz CT molecular complexity index is 804. The number of morpholine rings is 1. The van der Waals surface area contributed by atoms with Crippen molar-refractivity contribution in [2.45, 2.75) is 13.0 Å². The topological polar surface area (TPSA) is 105 Å². The fourth-order valence-electron chi connectivity index (χ4n) is 2.95. The summed E-state index contributed by atoms with van der Waals surface area (Å²) in [7, 11) is 0. The molecule has 8 nitrogen and oxygen atoms in total. The summed E-state index contributed by atoms with van der Waals surface area (Å²) in [5, 5.41) is 21.5. The molecule has 1 aliphatic heterocycles. The zero-order chi connectivity index (χ0) is 18.4. The molecular formula is C17H20BrN7O. The molecule has 2 heterocycles. The summed E-state index contributed by atoms with van der Waals surface area (Å²) in [5.41, 5.74) is 1.83. The molecule has 3 rings (SSSR count). The second-order valence-electron chi connectivity index (χ2n) is 5.91. The first kappa shape index (κ1) is 18.5. The van der Waals surface area contributed by atoms with Crippen molar-refractivity contribution in [3.63, 3.8) is 0 Å². The van der Waals surface area contributed by atoms with Crippen LogP contribution >= 0.6 is 15.9 Å². The molecule has 2 N–H and O–H groups in total. The second kappa shape index (κ2) is 8.89. The number of nitrogens with two attached hydrogens (primary N) is 1. The maximum absolute atomic E-state index is 9.61. The van der Waals surface area contributed by atoms with Crippen LogP contribution in [0.1, 0.15) is 12.0 Å². The maximum Gasteiger partial charge on any atom is 0.193 e. The molecule has 0 atom stereocenters. The fraction of sp³-hybridized carbons (Fsp3) is 0.412. The van der Waals surface area contributed by atoms with Crippen LogP contribution in [0.5, 0.6) is 0 Å². The van der Waals surface area contributed by atoms with Crippen LogP contribution in [0.4, 0.5) is 5.82 Å². The van der Waals surface area contributed by atoms with Crippen molar-refractivity contribution in [3.8, 4) is 17.3 Å². The van der Waals surface area contributed by atoms with Crippen molar-refractivity contribution in [3.05, 3.63) is 34.3 Å². The Labute approximate surface area is 160 Å². The van der Waals surface area contributed by atoms with Gasteiger partial charge in [0.1, 0.15) is 17.3 Å². The van der Waals surface area contributed by atoms with Crippen LogP contribution in [0.3, 0.4) is 0 Å². The van der Waals surface area contributed by atoms with Gasteiger partial charge in [-0.15, -0.1) is 5.11 Å². The summed E-state index contributed by atoms with van der Waals surface area (Å²) in [5.74, 6) is 5.64. The van der Waals surface area contributed by atoms with Gasteiger partial charge in [-0.3, -0.25) is 4.90 Å². The zero-order valence-electron chi connectivity index (χ0n) is 14.3. The number of benzene rings is 1. The van der Waals surface area contributed by atoms with E-state index in [-0.39, 0.29) is 0 Å². The highest BCUT2D eigenvalue weighted by atomic mass is 79.9. The number of hydrogen-bond donors (Lipinski definition) is 1.